The van der Waals surface area contributed by atoms with Crippen molar-refractivity contribution in [2.45, 2.75) is 31.6 Å². The zero-order chi connectivity index (χ0) is 24.2. The van der Waals surface area contributed by atoms with Crippen LogP contribution >= 0.6 is 31.9 Å². The first kappa shape index (κ1) is 22.9. The van der Waals surface area contributed by atoms with Crippen molar-refractivity contribution < 1.29 is 19.1 Å². The lowest BCUT2D eigenvalue weighted by Gasteiger charge is -2.44. The quantitative estimate of drug-likeness (QED) is 0.507. The average Bonchev–Trinajstić information content (AvgIpc) is 3.07. The van der Waals surface area contributed by atoms with Crippen LogP contribution in [0.25, 0.3) is 0 Å². The summed E-state index contributed by atoms with van der Waals surface area (Å²) in [5.41, 5.74) is 7.66. The SMILES string of the molecule is CCOC(=O)C1=C(N)N(c2ccc(Br)cc2)C2=C(C(=O)CCC2)C12C(=O)Nc1ccc(Br)cc12. The zero-order valence-electron chi connectivity index (χ0n) is 18.3. The number of ketones is 1. The van der Waals surface area contributed by atoms with E-state index < -0.39 is 17.3 Å². The molecule has 174 valence electrons. The molecule has 2 aliphatic heterocycles. The fourth-order valence-electron chi connectivity index (χ4n) is 5.17. The Morgan fingerprint density at radius 1 is 1.12 bits per heavy atom. The van der Waals surface area contributed by atoms with Gasteiger partial charge in [-0.05, 0) is 62.2 Å². The summed E-state index contributed by atoms with van der Waals surface area (Å²) in [6.07, 6.45) is 1.43. The number of ether oxygens (including phenoxy) is 1. The monoisotopic (exact) mass is 585 g/mol. The molecular formula is C25H21Br2N3O4. The number of nitrogens with zero attached hydrogens (tertiary/aromatic N) is 1. The topological polar surface area (TPSA) is 102 Å². The summed E-state index contributed by atoms with van der Waals surface area (Å²) < 4.78 is 7.00. The van der Waals surface area contributed by atoms with Gasteiger partial charge < -0.3 is 15.8 Å². The molecule has 0 fully saturated rings. The molecule has 2 aromatic carbocycles. The summed E-state index contributed by atoms with van der Waals surface area (Å²) >= 11 is 6.92. The fraction of sp³-hybridized carbons (Fsp3) is 0.240. The Morgan fingerprint density at radius 2 is 1.82 bits per heavy atom. The highest BCUT2D eigenvalue weighted by atomic mass is 79.9. The van der Waals surface area contributed by atoms with Crippen molar-refractivity contribution in [2.75, 3.05) is 16.8 Å². The van der Waals surface area contributed by atoms with E-state index in [2.05, 4.69) is 37.2 Å². The number of hydrogen-bond acceptors (Lipinski definition) is 6. The van der Waals surface area contributed by atoms with Crippen LogP contribution in [-0.4, -0.2) is 24.3 Å². The highest BCUT2D eigenvalue weighted by molar-refractivity contribution is 9.10. The molecule has 1 spiro atoms. The van der Waals surface area contributed by atoms with Gasteiger partial charge in [0.2, 0.25) is 5.91 Å². The van der Waals surface area contributed by atoms with E-state index in [1.54, 1.807) is 30.0 Å². The minimum atomic E-state index is -1.69. The number of halogens is 2. The molecule has 1 aliphatic carbocycles. The molecular weight excluding hydrogens is 566 g/mol. The minimum absolute atomic E-state index is 0.0411. The van der Waals surface area contributed by atoms with E-state index in [4.69, 9.17) is 10.5 Å². The number of carbonyl (C=O) groups excluding carboxylic acids is 3. The molecule has 34 heavy (non-hydrogen) atoms. The standard InChI is InChI=1S/C25H21Br2N3O4/c1-2-34-23(32)21-22(28)30(15-9-6-13(26)7-10-15)18-4-3-5-19(31)20(18)25(21)16-12-14(27)8-11-17(16)29-24(25)33/h6-12H,2-5,28H2,1H3,(H,29,33). The number of benzene rings is 2. The highest BCUT2D eigenvalue weighted by Gasteiger charge is 2.62. The van der Waals surface area contributed by atoms with E-state index in [1.807, 2.05) is 24.3 Å². The van der Waals surface area contributed by atoms with Gasteiger partial charge in [0.1, 0.15) is 16.8 Å². The number of allylic oxidation sites excluding steroid dienone is 1. The number of nitrogens with two attached hydrogens (primary N) is 1. The maximum atomic E-state index is 13.8. The number of hydrogen-bond donors (Lipinski definition) is 2. The average molecular weight is 587 g/mol. The van der Waals surface area contributed by atoms with Crippen molar-refractivity contribution in [1.82, 2.24) is 0 Å². The lowest BCUT2D eigenvalue weighted by Crippen LogP contribution is -2.53. The normalized spacial score (nSPS) is 21.6. The van der Waals surface area contributed by atoms with Crippen molar-refractivity contribution in [3.63, 3.8) is 0 Å². The first-order valence-corrected chi connectivity index (χ1v) is 12.5. The van der Waals surface area contributed by atoms with Crippen molar-refractivity contribution in [1.29, 1.82) is 0 Å². The molecule has 2 aromatic rings. The van der Waals surface area contributed by atoms with Crippen LogP contribution in [0, 0.1) is 0 Å². The molecule has 5 rings (SSSR count). The molecule has 1 atom stereocenters. The smallest absolute Gasteiger partial charge is 0.339 e. The van der Waals surface area contributed by atoms with Crippen LogP contribution in [0.5, 0.6) is 0 Å². The number of nitrogens with one attached hydrogen (secondary N) is 1. The van der Waals surface area contributed by atoms with E-state index in [-0.39, 0.29) is 35.8 Å². The number of anilines is 2. The molecule has 0 bridgehead atoms. The number of Topliss-reactive ketones (excluding diaryl/α,β-unsaturated/α-hetero) is 1. The molecule has 0 saturated carbocycles. The van der Waals surface area contributed by atoms with Crippen LogP contribution in [0.4, 0.5) is 11.4 Å². The van der Waals surface area contributed by atoms with Crippen molar-refractivity contribution in [3.8, 4) is 0 Å². The molecule has 1 unspecified atom stereocenters. The molecule has 0 radical (unpaired) electrons. The van der Waals surface area contributed by atoms with Gasteiger partial charge in [0, 0.05) is 43.6 Å². The second kappa shape index (κ2) is 8.39. The fourth-order valence-corrected chi connectivity index (χ4v) is 5.79. The van der Waals surface area contributed by atoms with Crippen LogP contribution in [-0.2, 0) is 24.5 Å². The highest BCUT2D eigenvalue weighted by Crippen LogP contribution is 2.56. The molecule has 3 N–H and O–H groups in total. The molecule has 7 nitrogen and oxygen atoms in total. The summed E-state index contributed by atoms with van der Waals surface area (Å²) in [5.74, 6) is -1.31. The third-order valence-electron chi connectivity index (χ3n) is 6.44. The molecule has 2 heterocycles. The lowest BCUT2D eigenvalue weighted by atomic mass is 9.63. The number of rotatable bonds is 3. The second-order valence-corrected chi connectivity index (χ2v) is 10.1. The largest absolute Gasteiger partial charge is 0.462 e. The predicted molar refractivity (Wildman–Crippen MR) is 135 cm³/mol. The van der Waals surface area contributed by atoms with Gasteiger partial charge in [0.25, 0.3) is 0 Å². The van der Waals surface area contributed by atoms with Crippen molar-refractivity contribution in [3.05, 3.63) is 79.6 Å². The van der Waals surface area contributed by atoms with Crippen molar-refractivity contribution >= 4 is 60.9 Å². The lowest BCUT2D eigenvalue weighted by molar-refractivity contribution is -0.140. The van der Waals surface area contributed by atoms with Gasteiger partial charge in [0.15, 0.2) is 5.78 Å². The van der Waals surface area contributed by atoms with Gasteiger partial charge in [-0.3, -0.25) is 14.5 Å². The van der Waals surface area contributed by atoms with Crippen molar-refractivity contribution in [2.24, 2.45) is 5.73 Å². The number of fused-ring (bicyclic) bond motifs is 3. The number of carbonyl (C=O) groups is 3. The minimum Gasteiger partial charge on any atom is -0.462 e. The van der Waals surface area contributed by atoms with E-state index in [0.717, 1.165) is 4.47 Å². The summed E-state index contributed by atoms with van der Waals surface area (Å²) in [6.45, 7) is 1.78. The van der Waals surface area contributed by atoms with E-state index in [1.165, 1.54) is 0 Å². The summed E-state index contributed by atoms with van der Waals surface area (Å²) in [5, 5.41) is 2.88. The van der Waals surface area contributed by atoms with Crippen LogP contribution in [0.2, 0.25) is 0 Å². The Hall–Kier alpha value is -2.91. The Labute approximate surface area is 213 Å². The summed E-state index contributed by atoms with van der Waals surface area (Å²) in [6, 6.07) is 12.7. The van der Waals surface area contributed by atoms with Crippen LogP contribution < -0.4 is 16.0 Å². The Balaban J connectivity index is 1.90. The van der Waals surface area contributed by atoms with Gasteiger partial charge in [-0.25, -0.2) is 4.79 Å². The van der Waals surface area contributed by atoms with E-state index in [9.17, 15) is 14.4 Å². The van der Waals surface area contributed by atoms with Gasteiger partial charge in [-0.1, -0.05) is 31.9 Å². The Kier molecular flexibility index (Phi) is 5.64. The third kappa shape index (κ3) is 3.17. The summed E-state index contributed by atoms with van der Waals surface area (Å²) in [4.78, 5) is 42.7. The Morgan fingerprint density at radius 3 is 2.53 bits per heavy atom. The first-order valence-electron chi connectivity index (χ1n) is 10.9. The van der Waals surface area contributed by atoms with Gasteiger partial charge in [-0.15, -0.1) is 0 Å². The van der Waals surface area contributed by atoms with Gasteiger partial charge >= 0.3 is 5.97 Å². The van der Waals surface area contributed by atoms with Crippen LogP contribution in [0.3, 0.4) is 0 Å². The third-order valence-corrected chi connectivity index (χ3v) is 7.46. The second-order valence-electron chi connectivity index (χ2n) is 8.28. The maximum Gasteiger partial charge on any atom is 0.339 e. The van der Waals surface area contributed by atoms with Gasteiger partial charge in [0.05, 0.1) is 6.61 Å². The van der Waals surface area contributed by atoms with Gasteiger partial charge in [-0.2, -0.15) is 0 Å². The summed E-state index contributed by atoms with van der Waals surface area (Å²) in [7, 11) is 0. The number of amides is 1. The molecule has 0 saturated heterocycles. The Bertz CT molecular complexity index is 1320. The molecule has 1 amide bonds. The molecule has 9 heteroatoms. The number of esters is 1. The van der Waals surface area contributed by atoms with E-state index in [0.29, 0.717) is 39.9 Å². The maximum absolute atomic E-state index is 13.8. The van der Waals surface area contributed by atoms with Crippen LogP contribution in [0.1, 0.15) is 31.7 Å². The zero-order valence-corrected chi connectivity index (χ0v) is 21.5. The van der Waals surface area contributed by atoms with E-state index >= 15 is 0 Å². The molecule has 3 aliphatic rings. The molecule has 0 aromatic heterocycles. The first-order chi connectivity index (χ1) is 16.3. The van der Waals surface area contributed by atoms with Crippen LogP contribution in [0.15, 0.2) is 74.1 Å². The predicted octanol–water partition coefficient (Wildman–Crippen LogP) is 4.66.